The van der Waals surface area contributed by atoms with Crippen molar-refractivity contribution in [3.05, 3.63) is 65.0 Å². The van der Waals surface area contributed by atoms with Gasteiger partial charge in [-0.05, 0) is 35.7 Å². The first-order valence-electron chi connectivity index (χ1n) is 8.80. The number of rotatable bonds is 2. The van der Waals surface area contributed by atoms with Crippen LogP contribution in [0.3, 0.4) is 0 Å². The molecule has 0 saturated carbocycles. The molecule has 4 aromatic rings. The van der Waals surface area contributed by atoms with E-state index in [0.29, 0.717) is 11.1 Å². The molecule has 3 heterocycles. The summed E-state index contributed by atoms with van der Waals surface area (Å²) in [6.45, 7) is 3.89. The largest absolute Gasteiger partial charge is 0.422 e. The van der Waals surface area contributed by atoms with Crippen LogP contribution in [0.25, 0.3) is 31.5 Å². The molecule has 0 bridgehead atoms. The molecule has 4 nitrogen and oxygen atoms in total. The van der Waals surface area contributed by atoms with Gasteiger partial charge in [0.15, 0.2) is 0 Å². The number of benzene rings is 2. The molecule has 0 atom stereocenters. The minimum atomic E-state index is -0.276. The molecule has 5 heteroatoms. The van der Waals surface area contributed by atoms with Crippen molar-refractivity contribution in [2.45, 2.75) is 0 Å². The summed E-state index contributed by atoms with van der Waals surface area (Å²) >= 11 is 1.62. The van der Waals surface area contributed by atoms with E-state index in [4.69, 9.17) is 4.42 Å². The minimum Gasteiger partial charge on any atom is -0.422 e. The lowest BCUT2D eigenvalue weighted by molar-refractivity contribution is 0.562. The summed E-state index contributed by atoms with van der Waals surface area (Å²) in [5.41, 5.74) is 2.11. The first-order chi connectivity index (χ1) is 12.8. The maximum Gasteiger partial charge on any atom is 0.345 e. The van der Waals surface area contributed by atoms with E-state index >= 15 is 0 Å². The molecule has 130 valence electrons. The maximum absolute atomic E-state index is 12.6. The van der Waals surface area contributed by atoms with E-state index in [1.165, 1.54) is 4.70 Å². The number of piperazine rings is 1. The van der Waals surface area contributed by atoms with Gasteiger partial charge in [0, 0.05) is 52.9 Å². The summed E-state index contributed by atoms with van der Waals surface area (Å²) in [4.78, 5) is 15.9. The molecule has 0 spiro atoms. The van der Waals surface area contributed by atoms with E-state index in [2.05, 4.69) is 34.5 Å². The quantitative estimate of drug-likeness (QED) is 0.546. The smallest absolute Gasteiger partial charge is 0.345 e. The van der Waals surface area contributed by atoms with Gasteiger partial charge in [0.1, 0.15) is 5.58 Å². The number of thiophene rings is 1. The van der Waals surface area contributed by atoms with Gasteiger partial charge in [-0.1, -0.05) is 18.2 Å². The first-order valence-corrected chi connectivity index (χ1v) is 9.62. The molecule has 0 radical (unpaired) electrons. The Hall–Kier alpha value is -2.63. The lowest BCUT2D eigenvalue weighted by Crippen LogP contribution is -2.43. The Morgan fingerprint density at radius 2 is 1.81 bits per heavy atom. The van der Waals surface area contributed by atoms with E-state index < -0.39 is 0 Å². The number of hydrogen-bond donors (Lipinski definition) is 1. The predicted octanol–water partition coefficient (Wildman–Crippen LogP) is 4.08. The molecular weight excluding hydrogens is 344 g/mol. The van der Waals surface area contributed by atoms with Crippen LogP contribution < -0.4 is 15.8 Å². The second-order valence-corrected chi connectivity index (χ2v) is 7.64. The number of nitrogens with one attached hydrogen (secondary N) is 1. The lowest BCUT2D eigenvalue weighted by atomic mass is 10.1. The Kier molecular flexibility index (Phi) is 3.76. The molecule has 1 aliphatic heterocycles. The standard InChI is InChI=1S/C21H18N2O2S/c24-21-17(20-12-15-3-1-2-4-19(15)26-20)11-14-5-6-16(13-18(14)25-21)23-9-7-22-8-10-23/h1-6,11-13,22H,7-10H2. The third-order valence-corrected chi connectivity index (χ3v) is 6.04. The maximum atomic E-state index is 12.6. The van der Waals surface area contributed by atoms with Crippen LogP contribution in [-0.2, 0) is 0 Å². The van der Waals surface area contributed by atoms with Crippen LogP contribution in [0.1, 0.15) is 0 Å². The zero-order valence-corrected chi connectivity index (χ0v) is 15.0. The second-order valence-electron chi connectivity index (χ2n) is 6.56. The molecule has 1 aliphatic rings. The van der Waals surface area contributed by atoms with E-state index in [1.54, 1.807) is 11.3 Å². The Labute approximate surface area is 154 Å². The summed E-state index contributed by atoms with van der Waals surface area (Å²) in [5.74, 6) is 0. The van der Waals surface area contributed by atoms with Crippen LogP contribution in [0.4, 0.5) is 5.69 Å². The van der Waals surface area contributed by atoms with Gasteiger partial charge in [0.05, 0.1) is 5.56 Å². The van der Waals surface area contributed by atoms with E-state index in [-0.39, 0.29) is 5.63 Å². The Bertz CT molecular complexity index is 1120. The Morgan fingerprint density at radius 1 is 0.962 bits per heavy atom. The number of nitrogens with zero attached hydrogens (tertiary/aromatic N) is 1. The highest BCUT2D eigenvalue weighted by Gasteiger charge is 2.14. The van der Waals surface area contributed by atoms with E-state index in [9.17, 15) is 4.79 Å². The van der Waals surface area contributed by atoms with Gasteiger partial charge < -0.3 is 14.6 Å². The summed E-state index contributed by atoms with van der Waals surface area (Å²) in [7, 11) is 0. The molecule has 5 rings (SSSR count). The average molecular weight is 362 g/mol. The van der Waals surface area contributed by atoms with Crippen LogP contribution in [0.2, 0.25) is 0 Å². The fourth-order valence-corrected chi connectivity index (χ4v) is 4.57. The third-order valence-electron chi connectivity index (χ3n) is 4.89. The van der Waals surface area contributed by atoms with Crippen molar-refractivity contribution in [3.63, 3.8) is 0 Å². The van der Waals surface area contributed by atoms with E-state index in [0.717, 1.165) is 47.5 Å². The summed E-state index contributed by atoms with van der Waals surface area (Å²) in [6, 6.07) is 18.3. The van der Waals surface area contributed by atoms with Crippen LogP contribution in [0, 0.1) is 0 Å². The van der Waals surface area contributed by atoms with Crippen molar-refractivity contribution in [3.8, 4) is 10.4 Å². The summed E-state index contributed by atoms with van der Waals surface area (Å²) in [6.07, 6.45) is 0. The Morgan fingerprint density at radius 3 is 2.65 bits per heavy atom. The highest BCUT2D eigenvalue weighted by atomic mass is 32.1. The van der Waals surface area contributed by atoms with Gasteiger partial charge in [-0.15, -0.1) is 11.3 Å². The van der Waals surface area contributed by atoms with Crippen LogP contribution in [0.15, 0.2) is 63.8 Å². The fraction of sp³-hybridized carbons (Fsp3) is 0.190. The number of anilines is 1. The second kappa shape index (κ2) is 6.27. The minimum absolute atomic E-state index is 0.276. The average Bonchev–Trinajstić information content (AvgIpc) is 3.11. The fourth-order valence-electron chi connectivity index (χ4n) is 3.51. The van der Waals surface area contributed by atoms with Crippen LogP contribution >= 0.6 is 11.3 Å². The third kappa shape index (κ3) is 2.69. The van der Waals surface area contributed by atoms with Gasteiger partial charge in [-0.2, -0.15) is 0 Å². The van der Waals surface area contributed by atoms with Gasteiger partial charge in [-0.3, -0.25) is 0 Å². The monoisotopic (exact) mass is 362 g/mol. The van der Waals surface area contributed by atoms with Gasteiger partial charge in [-0.25, -0.2) is 4.79 Å². The normalized spacial score (nSPS) is 15.0. The molecule has 1 fully saturated rings. The van der Waals surface area contributed by atoms with Crippen molar-refractivity contribution >= 4 is 38.1 Å². The predicted molar refractivity (Wildman–Crippen MR) is 108 cm³/mol. The summed E-state index contributed by atoms with van der Waals surface area (Å²) < 4.78 is 6.86. The number of fused-ring (bicyclic) bond motifs is 2. The van der Waals surface area contributed by atoms with Crippen LogP contribution in [-0.4, -0.2) is 26.2 Å². The van der Waals surface area contributed by atoms with Crippen molar-refractivity contribution in [2.24, 2.45) is 0 Å². The van der Waals surface area contributed by atoms with Crippen molar-refractivity contribution in [1.82, 2.24) is 5.32 Å². The molecule has 0 unspecified atom stereocenters. The molecule has 1 saturated heterocycles. The highest BCUT2D eigenvalue weighted by Crippen LogP contribution is 2.33. The van der Waals surface area contributed by atoms with Gasteiger partial charge in [0.2, 0.25) is 0 Å². The molecule has 26 heavy (non-hydrogen) atoms. The van der Waals surface area contributed by atoms with Crippen molar-refractivity contribution in [2.75, 3.05) is 31.1 Å². The zero-order chi connectivity index (χ0) is 17.5. The SMILES string of the molecule is O=c1oc2cc(N3CCNCC3)ccc2cc1-c1cc2ccccc2s1. The van der Waals surface area contributed by atoms with E-state index in [1.807, 2.05) is 30.3 Å². The van der Waals surface area contributed by atoms with Gasteiger partial charge in [0.25, 0.3) is 0 Å². The molecular formula is C21H18N2O2S. The highest BCUT2D eigenvalue weighted by molar-refractivity contribution is 7.22. The molecule has 1 N–H and O–H groups in total. The van der Waals surface area contributed by atoms with Crippen molar-refractivity contribution in [1.29, 1.82) is 0 Å². The first kappa shape index (κ1) is 15.6. The van der Waals surface area contributed by atoms with Gasteiger partial charge >= 0.3 is 5.63 Å². The molecule has 0 amide bonds. The lowest BCUT2D eigenvalue weighted by Gasteiger charge is -2.29. The molecule has 0 aliphatic carbocycles. The van der Waals surface area contributed by atoms with Crippen LogP contribution in [0.5, 0.6) is 0 Å². The van der Waals surface area contributed by atoms with Crippen molar-refractivity contribution < 1.29 is 4.42 Å². The topological polar surface area (TPSA) is 45.5 Å². The zero-order valence-electron chi connectivity index (χ0n) is 14.2. The summed E-state index contributed by atoms with van der Waals surface area (Å²) in [5, 5.41) is 5.46. The molecule has 2 aromatic heterocycles. The molecule has 2 aromatic carbocycles. The Balaban J connectivity index is 1.59. The number of hydrogen-bond acceptors (Lipinski definition) is 5.